The molecule has 0 spiro atoms. The molecule has 0 radical (unpaired) electrons. The van der Waals surface area contributed by atoms with E-state index in [4.69, 9.17) is 16.3 Å². The van der Waals surface area contributed by atoms with Crippen molar-refractivity contribution < 1.29 is 14.3 Å². The number of urea groups is 1. The summed E-state index contributed by atoms with van der Waals surface area (Å²) in [4.78, 5) is 26.3. The molecule has 3 amide bonds. The number of amides is 3. The van der Waals surface area contributed by atoms with E-state index < -0.39 is 0 Å². The Labute approximate surface area is 157 Å². The molecule has 1 aliphatic rings. The van der Waals surface area contributed by atoms with E-state index in [2.05, 4.69) is 10.6 Å². The van der Waals surface area contributed by atoms with Crippen LogP contribution in [0, 0.1) is 0 Å². The summed E-state index contributed by atoms with van der Waals surface area (Å²) < 4.78 is 5.46. The molecule has 2 aromatic rings. The number of hydrogen-bond donors (Lipinski definition) is 2. The maximum Gasteiger partial charge on any atom is 0.323 e. The number of nitrogens with zero attached hydrogens (tertiary/aromatic N) is 1. The molecule has 7 heteroatoms. The summed E-state index contributed by atoms with van der Waals surface area (Å²) in [5, 5.41) is 5.97. The van der Waals surface area contributed by atoms with Crippen molar-refractivity contribution in [1.82, 2.24) is 4.90 Å². The quantitative estimate of drug-likeness (QED) is 0.858. The second-order valence-electron chi connectivity index (χ2n) is 6.10. The van der Waals surface area contributed by atoms with Crippen molar-refractivity contribution in [2.75, 3.05) is 30.3 Å². The molecular formula is C19H20ClN3O3. The lowest BCUT2D eigenvalue weighted by Gasteiger charge is -2.31. The van der Waals surface area contributed by atoms with Gasteiger partial charge >= 0.3 is 6.03 Å². The van der Waals surface area contributed by atoms with Crippen LogP contribution >= 0.6 is 11.6 Å². The van der Waals surface area contributed by atoms with Crippen molar-refractivity contribution in [2.24, 2.45) is 0 Å². The molecule has 0 saturated carbocycles. The van der Waals surface area contributed by atoms with Crippen LogP contribution in [0.1, 0.15) is 17.3 Å². The van der Waals surface area contributed by atoms with E-state index in [0.717, 1.165) is 0 Å². The van der Waals surface area contributed by atoms with Crippen molar-refractivity contribution in [3.8, 4) is 0 Å². The van der Waals surface area contributed by atoms with E-state index in [1.165, 1.54) is 0 Å². The van der Waals surface area contributed by atoms with Crippen molar-refractivity contribution in [1.29, 1.82) is 0 Å². The van der Waals surface area contributed by atoms with E-state index in [1.807, 2.05) is 6.92 Å². The largest absolute Gasteiger partial charge is 0.375 e. The molecular weight excluding hydrogens is 354 g/mol. The summed E-state index contributed by atoms with van der Waals surface area (Å²) in [5.74, 6) is -0.0323. The fourth-order valence-corrected chi connectivity index (χ4v) is 2.93. The molecule has 3 rings (SSSR count). The van der Waals surface area contributed by atoms with Crippen LogP contribution < -0.4 is 10.6 Å². The van der Waals surface area contributed by atoms with E-state index >= 15 is 0 Å². The van der Waals surface area contributed by atoms with Crippen LogP contribution in [0.3, 0.4) is 0 Å². The topological polar surface area (TPSA) is 70.7 Å². The summed E-state index contributed by atoms with van der Waals surface area (Å²) >= 11 is 5.89. The standard InChI is InChI=1S/C19H20ClN3O3/c1-13-12-23(9-10-26-13)18(24)14-5-7-16(8-6-14)21-19(25)22-17-4-2-3-15(20)11-17/h2-8,11,13H,9-10,12H2,1H3,(H2,21,22,25). The number of carbonyl (C=O) groups excluding carboxylic acids is 2. The smallest absolute Gasteiger partial charge is 0.323 e. The van der Waals surface area contributed by atoms with Gasteiger partial charge in [-0.15, -0.1) is 0 Å². The summed E-state index contributed by atoms with van der Waals surface area (Å²) in [7, 11) is 0. The first-order valence-electron chi connectivity index (χ1n) is 8.36. The molecule has 0 bridgehead atoms. The summed E-state index contributed by atoms with van der Waals surface area (Å²) in [6.07, 6.45) is 0.0452. The fourth-order valence-electron chi connectivity index (χ4n) is 2.74. The molecule has 1 saturated heterocycles. The predicted octanol–water partition coefficient (Wildman–Crippen LogP) is 3.84. The molecule has 2 aromatic carbocycles. The van der Waals surface area contributed by atoms with Gasteiger partial charge in [0, 0.05) is 35.1 Å². The third-order valence-electron chi connectivity index (χ3n) is 4.00. The van der Waals surface area contributed by atoms with Crippen LogP contribution in [0.2, 0.25) is 5.02 Å². The highest BCUT2D eigenvalue weighted by atomic mass is 35.5. The van der Waals surface area contributed by atoms with Crippen molar-refractivity contribution >= 4 is 34.9 Å². The third-order valence-corrected chi connectivity index (χ3v) is 4.24. The Hall–Kier alpha value is -2.57. The predicted molar refractivity (Wildman–Crippen MR) is 102 cm³/mol. The zero-order valence-corrected chi connectivity index (χ0v) is 15.1. The first kappa shape index (κ1) is 18.2. The average molecular weight is 374 g/mol. The fraction of sp³-hybridized carbons (Fsp3) is 0.263. The number of anilines is 2. The number of carbonyl (C=O) groups is 2. The lowest BCUT2D eigenvalue weighted by atomic mass is 10.1. The summed E-state index contributed by atoms with van der Waals surface area (Å²) in [5.41, 5.74) is 1.78. The summed E-state index contributed by atoms with van der Waals surface area (Å²) in [6.45, 7) is 3.67. The van der Waals surface area contributed by atoms with Gasteiger partial charge in [-0.1, -0.05) is 17.7 Å². The van der Waals surface area contributed by atoms with E-state index in [1.54, 1.807) is 53.4 Å². The molecule has 1 heterocycles. The Kier molecular flexibility index (Phi) is 5.75. The Morgan fingerprint density at radius 3 is 2.54 bits per heavy atom. The van der Waals surface area contributed by atoms with E-state index in [0.29, 0.717) is 41.7 Å². The molecule has 26 heavy (non-hydrogen) atoms. The maximum atomic E-state index is 12.5. The second kappa shape index (κ2) is 8.21. The number of benzene rings is 2. The summed E-state index contributed by atoms with van der Waals surface area (Å²) in [6, 6.07) is 13.3. The lowest BCUT2D eigenvalue weighted by molar-refractivity contribution is -0.0124. The number of ether oxygens (including phenoxy) is 1. The number of rotatable bonds is 3. The van der Waals surface area contributed by atoms with Gasteiger partial charge in [-0.05, 0) is 49.4 Å². The van der Waals surface area contributed by atoms with E-state index in [-0.39, 0.29) is 18.0 Å². The van der Waals surface area contributed by atoms with Gasteiger partial charge in [0.25, 0.3) is 5.91 Å². The van der Waals surface area contributed by atoms with Gasteiger partial charge < -0.3 is 20.3 Å². The molecule has 2 N–H and O–H groups in total. The van der Waals surface area contributed by atoms with Gasteiger partial charge in [0.2, 0.25) is 0 Å². The van der Waals surface area contributed by atoms with Crippen LogP contribution in [0.4, 0.5) is 16.2 Å². The molecule has 6 nitrogen and oxygen atoms in total. The van der Waals surface area contributed by atoms with Crippen LogP contribution in [0.5, 0.6) is 0 Å². The molecule has 1 atom stereocenters. The van der Waals surface area contributed by atoms with Crippen LogP contribution in [0.25, 0.3) is 0 Å². The molecule has 136 valence electrons. The molecule has 1 fully saturated rings. The van der Waals surface area contributed by atoms with Crippen LogP contribution in [-0.4, -0.2) is 42.6 Å². The zero-order chi connectivity index (χ0) is 18.5. The highest BCUT2D eigenvalue weighted by molar-refractivity contribution is 6.30. The maximum absolute atomic E-state index is 12.5. The lowest BCUT2D eigenvalue weighted by Crippen LogP contribution is -2.44. The number of hydrogen-bond acceptors (Lipinski definition) is 3. The van der Waals surface area contributed by atoms with Gasteiger partial charge in [0.1, 0.15) is 0 Å². The Morgan fingerprint density at radius 1 is 1.12 bits per heavy atom. The van der Waals surface area contributed by atoms with Crippen LogP contribution in [0.15, 0.2) is 48.5 Å². The molecule has 0 aromatic heterocycles. The minimum Gasteiger partial charge on any atom is -0.375 e. The average Bonchev–Trinajstić information content (AvgIpc) is 2.61. The highest BCUT2D eigenvalue weighted by Crippen LogP contribution is 2.17. The Morgan fingerprint density at radius 2 is 1.85 bits per heavy atom. The van der Waals surface area contributed by atoms with Crippen molar-refractivity contribution in [3.63, 3.8) is 0 Å². The zero-order valence-electron chi connectivity index (χ0n) is 14.4. The first-order valence-corrected chi connectivity index (χ1v) is 8.73. The molecule has 0 aliphatic carbocycles. The number of halogens is 1. The highest BCUT2D eigenvalue weighted by Gasteiger charge is 2.22. The number of nitrogens with one attached hydrogen (secondary N) is 2. The van der Waals surface area contributed by atoms with Crippen molar-refractivity contribution in [3.05, 3.63) is 59.1 Å². The van der Waals surface area contributed by atoms with E-state index in [9.17, 15) is 9.59 Å². The second-order valence-corrected chi connectivity index (χ2v) is 6.54. The monoisotopic (exact) mass is 373 g/mol. The van der Waals surface area contributed by atoms with Gasteiger partial charge in [0.15, 0.2) is 0 Å². The minimum atomic E-state index is -0.381. The van der Waals surface area contributed by atoms with Gasteiger partial charge in [-0.3, -0.25) is 4.79 Å². The SMILES string of the molecule is CC1CN(C(=O)c2ccc(NC(=O)Nc3cccc(Cl)c3)cc2)CCO1. The first-order chi connectivity index (χ1) is 12.5. The minimum absolute atomic E-state index is 0.0323. The molecule has 1 aliphatic heterocycles. The Bertz CT molecular complexity index is 795. The molecule has 1 unspecified atom stereocenters. The number of morpholine rings is 1. The van der Waals surface area contributed by atoms with Gasteiger partial charge in [0.05, 0.1) is 12.7 Å². The third kappa shape index (κ3) is 4.74. The van der Waals surface area contributed by atoms with Crippen molar-refractivity contribution in [2.45, 2.75) is 13.0 Å². The normalized spacial score (nSPS) is 16.8. The van der Waals surface area contributed by atoms with Gasteiger partial charge in [-0.2, -0.15) is 0 Å². The van der Waals surface area contributed by atoms with Gasteiger partial charge in [-0.25, -0.2) is 4.79 Å². The van der Waals surface area contributed by atoms with Crippen LogP contribution in [-0.2, 0) is 4.74 Å². The Balaban J connectivity index is 1.58.